The van der Waals surface area contributed by atoms with Crippen molar-refractivity contribution in [1.29, 1.82) is 0 Å². The fourth-order valence-corrected chi connectivity index (χ4v) is 3.85. The molecule has 0 spiro atoms. The first kappa shape index (κ1) is 18.7. The van der Waals surface area contributed by atoms with Crippen molar-refractivity contribution in [3.05, 3.63) is 100 Å². The van der Waals surface area contributed by atoms with Gasteiger partial charge < -0.3 is 9.47 Å². The normalized spacial score (nSPS) is 12.7. The third-order valence-corrected chi connectivity index (χ3v) is 5.32. The van der Waals surface area contributed by atoms with Crippen molar-refractivity contribution < 1.29 is 14.1 Å². The average molecular weight is 417 g/mol. The number of amides is 1. The van der Waals surface area contributed by atoms with Gasteiger partial charge in [0.1, 0.15) is 17.1 Å². The van der Waals surface area contributed by atoms with Crippen LogP contribution in [-0.4, -0.2) is 31.7 Å². The lowest BCUT2D eigenvalue weighted by Gasteiger charge is -2.18. The molecule has 0 fully saturated rings. The first-order valence-corrected chi connectivity index (χ1v) is 9.60. The second-order valence-corrected chi connectivity index (χ2v) is 7.11. The van der Waals surface area contributed by atoms with Crippen LogP contribution in [0, 0.1) is 15.9 Å². The van der Waals surface area contributed by atoms with Crippen LogP contribution in [0.5, 0.6) is 0 Å². The van der Waals surface area contributed by atoms with E-state index in [2.05, 4.69) is 5.10 Å². The summed E-state index contributed by atoms with van der Waals surface area (Å²) in [5.74, 6) is -0.440. The van der Waals surface area contributed by atoms with Gasteiger partial charge in [0.15, 0.2) is 5.82 Å². The van der Waals surface area contributed by atoms with Gasteiger partial charge in [0.25, 0.3) is 11.6 Å². The Bertz CT molecular complexity index is 1310. The highest BCUT2D eigenvalue weighted by atomic mass is 19.1. The number of nitro benzene ring substituents is 1. The van der Waals surface area contributed by atoms with Gasteiger partial charge in [0, 0.05) is 31.1 Å². The number of non-ortho nitro benzene ring substituents is 1. The van der Waals surface area contributed by atoms with Gasteiger partial charge in [0.2, 0.25) is 0 Å². The van der Waals surface area contributed by atoms with E-state index in [0.717, 1.165) is 5.56 Å². The Morgan fingerprint density at radius 1 is 1.06 bits per heavy atom. The molecule has 0 radical (unpaired) electrons. The first-order valence-electron chi connectivity index (χ1n) is 9.60. The largest absolute Gasteiger partial charge is 0.308 e. The van der Waals surface area contributed by atoms with Crippen LogP contribution in [-0.2, 0) is 6.42 Å². The zero-order chi connectivity index (χ0) is 21.5. The number of carbonyl (C=O) groups is 1. The summed E-state index contributed by atoms with van der Waals surface area (Å²) in [5, 5.41) is 15.5. The lowest BCUT2D eigenvalue weighted by Crippen LogP contribution is -2.29. The molecule has 0 saturated carbocycles. The predicted octanol–water partition coefficient (Wildman–Crippen LogP) is 3.91. The van der Waals surface area contributed by atoms with Crippen molar-refractivity contribution in [1.82, 2.24) is 14.3 Å². The van der Waals surface area contributed by atoms with Gasteiger partial charge in [-0.2, -0.15) is 5.10 Å². The number of halogens is 1. The zero-order valence-corrected chi connectivity index (χ0v) is 16.2. The van der Waals surface area contributed by atoms with Crippen LogP contribution in [0.15, 0.2) is 73.2 Å². The number of hydrogen-bond acceptors (Lipinski definition) is 4. The molecule has 0 atom stereocenters. The number of anilines is 1. The Balaban J connectivity index is 1.63. The summed E-state index contributed by atoms with van der Waals surface area (Å²) in [5.41, 5.74) is 1.77. The van der Waals surface area contributed by atoms with Gasteiger partial charge in [-0.25, -0.2) is 9.07 Å². The number of rotatable bonds is 4. The van der Waals surface area contributed by atoms with E-state index < -0.39 is 10.7 Å². The molecule has 0 bridgehead atoms. The van der Waals surface area contributed by atoms with Crippen LogP contribution in [0.4, 0.5) is 15.8 Å². The molecule has 9 heteroatoms. The first-order chi connectivity index (χ1) is 15.0. The highest BCUT2D eigenvalue weighted by molar-refractivity contribution is 6.09. The number of benzene rings is 2. The van der Waals surface area contributed by atoms with Crippen molar-refractivity contribution in [2.24, 2.45) is 0 Å². The highest BCUT2D eigenvalue weighted by Crippen LogP contribution is 2.34. The molecule has 5 rings (SSSR count). The van der Waals surface area contributed by atoms with Gasteiger partial charge in [-0.1, -0.05) is 18.2 Å². The number of fused-ring (bicyclic) bond motifs is 1. The Kier molecular flexibility index (Phi) is 4.36. The van der Waals surface area contributed by atoms with Gasteiger partial charge >= 0.3 is 0 Å². The Morgan fingerprint density at radius 3 is 2.58 bits per heavy atom. The summed E-state index contributed by atoms with van der Waals surface area (Å²) in [6.07, 6.45) is 5.49. The number of para-hydroxylation sites is 1. The third-order valence-electron chi connectivity index (χ3n) is 5.32. The summed E-state index contributed by atoms with van der Waals surface area (Å²) in [6, 6.07) is 14.3. The molecule has 1 aliphatic rings. The number of nitrogens with zero attached hydrogens (tertiary/aromatic N) is 5. The van der Waals surface area contributed by atoms with Crippen LogP contribution >= 0.6 is 0 Å². The molecular formula is C22H16FN5O3. The third kappa shape index (κ3) is 3.07. The minimum Gasteiger partial charge on any atom is -0.308 e. The standard InChI is InChI=1S/C22H16FN5O3/c23-18-5-1-2-6-19(18)27-21(25-10-3-4-11-25)17(14-24-27)22(29)26-12-9-15-7-8-16(28(30)31)13-20(15)26/h1-8,10-11,13-14H,9,12H2. The van der Waals surface area contributed by atoms with Crippen LogP contribution in [0.2, 0.25) is 0 Å². The second-order valence-electron chi connectivity index (χ2n) is 7.11. The molecule has 3 heterocycles. The van der Waals surface area contributed by atoms with Gasteiger partial charge in [-0.3, -0.25) is 14.9 Å². The number of hydrogen-bond donors (Lipinski definition) is 0. The molecule has 0 saturated heterocycles. The molecule has 0 N–H and O–H groups in total. The predicted molar refractivity (Wildman–Crippen MR) is 111 cm³/mol. The lowest BCUT2D eigenvalue weighted by atomic mass is 10.1. The molecule has 8 nitrogen and oxygen atoms in total. The number of aromatic nitrogens is 3. The van der Waals surface area contributed by atoms with Crippen molar-refractivity contribution in [3.8, 4) is 11.5 Å². The van der Waals surface area contributed by atoms with E-state index >= 15 is 0 Å². The summed E-state index contributed by atoms with van der Waals surface area (Å²) in [4.78, 5) is 25.8. The fraction of sp³-hybridized carbons (Fsp3) is 0.0909. The van der Waals surface area contributed by atoms with Crippen LogP contribution in [0.1, 0.15) is 15.9 Å². The topological polar surface area (TPSA) is 86.2 Å². The van der Waals surface area contributed by atoms with E-state index in [1.165, 1.54) is 34.0 Å². The molecule has 154 valence electrons. The van der Waals surface area contributed by atoms with Gasteiger partial charge in [-0.15, -0.1) is 0 Å². The average Bonchev–Trinajstić information content (AvgIpc) is 3.51. The summed E-state index contributed by atoms with van der Waals surface area (Å²) < 4.78 is 17.6. The van der Waals surface area contributed by atoms with E-state index in [1.54, 1.807) is 53.4 Å². The Morgan fingerprint density at radius 2 is 1.84 bits per heavy atom. The van der Waals surface area contributed by atoms with Gasteiger partial charge in [-0.05, 0) is 36.2 Å². The smallest absolute Gasteiger partial charge is 0.271 e. The highest BCUT2D eigenvalue weighted by Gasteiger charge is 2.31. The zero-order valence-electron chi connectivity index (χ0n) is 16.2. The number of carbonyl (C=O) groups excluding carboxylic acids is 1. The number of nitro groups is 1. The second kappa shape index (κ2) is 7.21. The van der Waals surface area contributed by atoms with E-state index in [1.807, 2.05) is 0 Å². The lowest BCUT2D eigenvalue weighted by molar-refractivity contribution is -0.384. The van der Waals surface area contributed by atoms with Crippen molar-refractivity contribution in [2.45, 2.75) is 6.42 Å². The minimum atomic E-state index is -0.483. The molecular weight excluding hydrogens is 401 g/mol. The maximum atomic E-state index is 14.5. The minimum absolute atomic E-state index is 0.0777. The van der Waals surface area contributed by atoms with E-state index in [9.17, 15) is 19.3 Å². The van der Waals surface area contributed by atoms with E-state index in [0.29, 0.717) is 24.5 Å². The van der Waals surface area contributed by atoms with Crippen LogP contribution in [0.25, 0.3) is 11.5 Å². The maximum absolute atomic E-state index is 14.5. The maximum Gasteiger partial charge on any atom is 0.271 e. The monoisotopic (exact) mass is 417 g/mol. The Labute approximate surface area is 175 Å². The molecule has 0 aliphatic carbocycles. The van der Waals surface area contributed by atoms with E-state index in [-0.39, 0.29) is 22.8 Å². The Hall–Kier alpha value is -4.27. The molecule has 4 aromatic rings. The molecule has 1 aliphatic heterocycles. The van der Waals surface area contributed by atoms with Crippen molar-refractivity contribution in [3.63, 3.8) is 0 Å². The molecule has 31 heavy (non-hydrogen) atoms. The van der Waals surface area contributed by atoms with E-state index in [4.69, 9.17) is 0 Å². The molecule has 0 unspecified atom stereocenters. The van der Waals surface area contributed by atoms with Crippen molar-refractivity contribution in [2.75, 3.05) is 11.4 Å². The van der Waals surface area contributed by atoms with Crippen LogP contribution < -0.4 is 4.90 Å². The SMILES string of the molecule is O=C(c1cnn(-c2ccccc2F)c1-n1cccc1)N1CCc2ccc([N+](=O)[O-])cc21. The summed E-state index contributed by atoms with van der Waals surface area (Å²) in [7, 11) is 0. The van der Waals surface area contributed by atoms with Crippen molar-refractivity contribution >= 4 is 17.3 Å². The molecule has 1 amide bonds. The molecule has 2 aromatic heterocycles. The quantitative estimate of drug-likeness (QED) is 0.372. The van der Waals surface area contributed by atoms with Crippen LogP contribution in [0.3, 0.4) is 0 Å². The summed E-state index contributed by atoms with van der Waals surface area (Å²) in [6.45, 7) is 0.394. The van der Waals surface area contributed by atoms with Gasteiger partial charge in [0.05, 0.1) is 16.8 Å². The molecule has 2 aromatic carbocycles. The summed E-state index contributed by atoms with van der Waals surface area (Å²) >= 11 is 0. The fourth-order valence-electron chi connectivity index (χ4n) is 3.85.